The van der Waals surface area contributed by atoms with E-state index in [1.807, 2.05) is 32.0 Å². The van der Waals surface area contributed by atoms with E-state index in [4.69, 9.17) is 16.0 Å². The molecule has 3 rings (SSSR count). The maximum Gasteiger partial charge on any atom is 0.192 e. The molecule has 0 aliphatic carbocycles. The topological polar surface area (TPSA) is 43.1 Å². The van der Waals surface area contributed by atoms with Crippen LogP contribution in [0.15, 0.2) is 55.5 Å². The van der Waals surface area contributed by atoms with Crippen LogP contribution in [0.2, 0.25) is 5.15 Å². The summed E-state index contributed by atoms with van der Waals surface area (Å²) in [5.41, 5.74) is 1.59. The molecule has 5 heteroatoms. The van der Waals surface area contributed by atoms with E-state index < -0.39 is 0 Å². The maximum atomic E-state index is 12.1. The van der Waals surface area contributed by atoms with Gasteiger partial charge in [-0.1, -0.05) is 36.4 Å². The lowest BCUT2D eigenvalue weighted by molar-refractivity contribution is 0.540. The Hall–Kier alpha value is -1.78. The summed E-state index contributed by atoms with van der Waals surface area (Å²) in [7, 11) is 0. The summed E-state index contributed by atoms with van der Waals surface area (Å²) in [5.74, 6) is 0.698. The second kappa shape index (κ2) is 6.15. The SMILES string of the molecule is CCc1cc(=O)c2ccc(Sc3cccc(Cl)n3)c(C)c2o1. The smallest absolute Gasteiger partial charge is 0.192 e. The van der Waals surface area contributed by atoms with Crippen LogP contribution in [0.3, 0.4) is 0 Å². The van der Waals surface area contributed by atoms with Crippen molar-refractivity contribution in [1.29, 1.82) is 0 Å². The van der Waals surface area contributed by atoms with E-state index in [1.54, 1.807) is 18.2 Å². The van der Waals surface area contributed by atoms with Gasteiger partial charge in [0.1, 0.15) is 21.5 Å². The van der Waals surface area contributed by atoms with Gasteiger partial charge in [0.25, 0.3) is 0 Å². The van der Waals surface area contributed by atoms with Gasteiger partial charge >= 0.3 is 0 Å². The third kappa shape index (κ3) is 2.89. The van der Waals surface area contributed by atoms with Crippen molar-refractivity contribution in [2.45, 2.75) is 30.2 Å². The molecule has 0 atom stereocenters. The number of aromatic nitrogens is 1. The van der Waals surface area contributed by atoms with E-state index in [1.165, 1.54) is 11.8 Å². The van der Waals surface area contributed by atoms with Crippen molar-refractivity contribution in [3.05, 3.63) is 63.1 Å². The average Bonchev–Trinajstić information content (AvgIpc) is 2.50. The van der Waals surface area contributed by atoms with Crippen molar-refractivity contribution < 1.29 is 4.42 Å². The number of hydrogen-bond acceptors (Lipinski definition) is 4. The molecular weight excluding hydrogens is 318 g/mol. The Morgan fingerprint density at radius 2 is 2.09 bits per heavy atom. The first-order valence-electron chi connectivity index (χ1n) is 6.95. The standard InChI is InChI=1S/C17H14ClNO2S/c1-3-11-9-13(20)12-7-8-14(10(2)17(12)21-11)22-16-6-4-5-15(18)19-16/h4-9H,3H2,1-2H3. The molecule has 0 fully saturated rings. The predicted octanol–water partition coefficient (Wildman–Crippen LogP) is 4.86. The minimum atomic E-state index is -0.00127. The van der Waals surface area contributed by atoms with Crippen LogP contribution in [-0.4, -0.2) is 4.98 Å². The molecule has 0 N–H and O–H groups in total. The van der Waals surface area contributed by atoms with Gasteiger partial charge in [-0.15, -0.1) is 0 Å². The van der Waals surface area contributed by atoms with Crippen LogP contribution in [0.1, 0.15) is 18.2 Å². The highest BCUT2D eigenvalue weighted by molar-refractivity contribution is 7.99. The lowest BCUT2D eigenvalue weighted by Gasteiger charge is -2.09. The summed E-state index contributed by atoms with van der Waals surface area (Å²) in [5, 5.41) is 1.88. The molecule has 1 aromatic carbocycles. The molecule has 0 radical (unpaired) electrons. The van der Waals surface area contributed by atoms with Crippen LogP contribution >= 0.6 is 23.4 Å². The summed E-state index contributed by atoms with van der Waals surface area (Å²) in [6, 6.07) is 10.8. The van der Waals surface area contributed by atoms with Gasteiger partial charge in [0.15, 0.2) is 5.43 Å². The van der Waals surface area contributed by atoms with Crippen LogP contribution in [-0.2, 0) is 6.42 Å². The third-order valence-corrected chi connectivity index (χ3v) is 4.71. The average molecular weight is 332 g/mol. The fourth-order valence-electron chi connectivity index (χ4n) is 2.23. The molecule has 112 valence electrons. The zero-order chi connectivity index (χ0) is 15.7. The molecule has 0 saturated carbocycles. The van der Waals surface area contributed by atoms with Gasteiger partial charge in [-0.2, -0.15) is 0 Å². The monoisotopic (exact) mass is 331 g/mol. The van der Waals surface area contributed by atoms with Crippen molar-refractivity contribution >= 4 is 34.3 Å². The number of halogens is 1. The zero-order valence-corrected chi connectivity index (χ0v) is 13.8. The summed E-state index contributed by atoms with van der Waals surface area (Å²) in [6.07, 6.45) is 0.692. The molecule has 2 aromatic heterocycles. The fourth-order valence-corrected chi connectivity index (χ4v) is 3.34. The van der Waals surface area contributed by atoms with Gasteiger partial charge in [-0.25, -0.2) is 4.98 Å². The molecule has 3 nitrogen and oxygen atoms in total. The number of pyridine rings is 1. The van der Waals surface area contributed by atoms with Crippen molar-refractivity contribution in [2.75, 3.05) is 0 Å². The fraction of sp³-hybridized carbons (Fsp3) is 0.176. The number of benzene rings is 1. The number of fused-ring (bicyclic) bond motifs is 1. The van der Waals surface area contributed by atoms with Crippen LogP contribution < -0.4 is 5.43 Å². The summed E-state index contributed by atoms with van der Waals surface area (Å²) in [6.45, 7) is 3.92. The van der Waals surface area contributed by atoms with Crippen molar-refractivity contribution in [3.8, 4) is 0 Å². The van der Waals surface area contributed by atoms with Gasteiger partial charge in [0.2, 0.25) is 0 Å². The predicted molar refractivity (Wildman–Crippen MR) is 90.0 cm³/mol. The lowest BCUT2D eigenvalue weighted by Crippen LogP contribution is -2.03. The molecule has 0 unspecified atom stereocenters. The quantitative estimate of drug-likeness (QED) is 0.642. The summed E-state index contributed by atoms with van der Waals surface area (Å²) >= 11 is 7.43. The van der Waals surface area contributed by atoms with E-state index in [0.29, 0.717) is 28.3 Å². The van der Waals surface area contributed by atoms with Crippen LogP contribution in [0, 0.1) is 6.92 Å². The largest absolute Gasteiger partial charge is 0.461 e. The molecule has 2 heterocycles. The molecule has 0 aliphatic rings. The molecule has 0 saturated heterocycles. The molecule has 0 aliphatic heterocycles. The van der Waals surface area contributed by atoms with E-state index in [-0.39, 0.29) is 5.43 Å². The molecule has 0 bridgehead atoms. The Kier molecular flexibility index (Phi) is 4.23. The van der Waals surface area contributed by atoms with Gasteiger partial charge in [-0.3, -0.25) is 4.79 Å². The lowest BCUT2D eigenvalue weighted by atomic mass is 10.1. The first-order valence-corrected chi connectivity index (χ1v) is 8.14. The second-order valence-corrected chi connectivity index (χ2v) is 6.35. The minimum absolute atomic E-state index is 0.00127. The highest BCUT2D eigenvalue weighted by Gasteiger charge is 2.11. The second-order valence-electron chi connectivity index (χ2n) is 4.90. The van der Waals surface area contributed by atoms with Crippen LogP contribution in [0.25, 0.3) is 11.0 Å². The number of rotatable bonds is 3. The number of aryl methyl sites for hydroxylation is 2. The van der Waals surface area contributed by atoms with Gasteiger partial charge < -0.3 is 4.42 Å². The van der Waals surface area contributed by atoms with E-state index in [2.05, 4.69) is 4.98 Å². The molecule has 0 amide bonds. The molecular formula is C17H14ClNO2S. The highest BCUT2D eigenvalue weighted by Crippen LogP contribution is 2.33. The molecule has 3 aromatic rings. The maximum absolute atomic E-state index is 12.1. The van der Waals surface area contributed by atoms with Crippen molar-refractivity contribution in [2.24, 2.45) is 0 Å². The van der Waals surface area contributed by atoms with Crippen molar-refractivity contribution in [1.82, 2.24) is 4.98 Å². The van der Waals surface area contributed by atoms with E-state index in [9.17, 15) is 4.79 Å². The number of nitrogens with zero attached hydrogens (tertiary/aromatic N) is 1. The van der Waals surface area contributed by atoms with Crippen LogP contribution in [0.4, 0.5) is 0 Å². The third-order valence-electron chi connectivity index (χ3n) is 3.40. The molecule has 0 spiro atoms. The number of hydrogen-bond donors (Lipinski definition) is 0. The van der Waals surface area contributed by atoms with Crippen molar-refractivity contribution in [3.63, 3.8) is 0 Å². The Morgan fingerprint density at radius 1 is 1.27 bits per heavy atom. The zero-order valence-electron chi connectivity index (χ0n) is 12.2. The minimum Gasteiger partial charge on any atom is -0.461 e. The Morgan fingerprint density at radius 3 is 2.82 bits per heavy atom. The first kappa shape index (κ1) is 15.1. The van der Waals surface area contributed by atoms with Gasteiger partial charge in [0, 0.05) is 22.9 Å². The van der Waals surface area contributed by atoms with E-state index >= 15 is 0 Å². The Balaban J connectivity index is 2.11. The highest BCUT2D eigenvalue weighted by atomic mass is 35.5. The van der Waals surface area contributed by atoms with Gasteiger partial charge in [0.05, 0.1) is 5.39 Å². The summed E-state index contributed by atoms with van der Waals surface area (Å²) < 4.78 is 5.86. The Labute approximate surface area is 137 Å². The Bertz CT molecular complexity index is 905. The normalized spacial score (nSPS) is 11.0. The summed E-state index contributed by atoms with van der Waals surface area (Å²) in [4.78, 5) is 17.4. The van der Waals surface area contributed by atoms with E-state index in [0.717, 1.165) is 15.5 Å². The van der Waals surface area contributed by atoms with Crippen LogP contribution in [0.5, 0.6) is 0 Å². The molecule has 22 heavy (non-hydrogen) atoms. The van der Waals surface area contributed by atoms with Gasteiger partial charge in [-0.05, 0) is 31.2 Å². The first-order chi connectivity index (χ1) is 10.6.